The fraction of sp³-hybridized carbons (Fsp3) is 0.500. The molecule has 1 aliphatic carbocycles. The first kappa shape index (κ1) is 12.0. The number of benzene rings is 1. The number of methoxy groups -OCH3 is 1. The van der Waals surface area contributed by atoms with Crippen LogP contribution in [-0.4, -0.2) is 18.0 Å². The van der Waals surface area contributed by atoms with Crippen LogP contribution >= 0.6 is 0 Å². The maximum atomic E-state index is 11.5. The van der Waals surface area contributed by atoms with Crippen LogP contribution in [0.3, 0.4) is 0 Å². The maximum absolute atomic E-state index is 11.5. The Bertz CT molecular complexity index is 449. The first-order chi connectivity index (χ1) is 8.17. The van der Waals surface area contributed by atoms with Gasteiger partial charge in [0.2, 0.25) is 0 Å². The molecule has 2 rings (SSSR count). The minimum absolute atomic E-state index is 0.198. The Labute approximate surface area is 101 Å². The van der Waals surface area contributed by atoms with E-state index in [4.69, 9.17) is 4.74 Å². The van der Waals surface area contributed by atoms with E-state index in [1.165, 1.54) is 0 Å². The van der Waals surface area contributed by atoms with Crippen molar-refractivity contribution in [2.45, 2.75) is 39.0 Å². The molecule has 92 valence electrons. The summed E-state index contributed by atoms with van der Waals surface area (Å²) in [6.07, 6.45) is 3.34. The highest BCUT2D eigenvalue weighted by Gasteiger charge is 2.24. The van der Waals surface area contributed by atoms with Crippen LogP contribution in [0.2, 0.25) is 0 Å². The Hall–Kier alpha value is -1.51. The van der Waals surface area contributed by atoms with Crippen molar-refractivity contribution in [2.24, 2.45) is 0 Å². The van der Waals surface area contributed by atoms with Gasteiger partial charge < -0.3 is 9.84 Å². The van der Waals surface area contributed by atoms with Gasteiger partial charge in [0.25, 0.3) is 0 Å². The molecule has 3 heteroatoms. The molecule has 1 N–H and O–H groups in total. The number of phenolic OH excluding ortho intramolecular Hbond substituents is 1. The van der Waals surface area contributed by atoms with Crippen LogP contribution in [-0.2, 0) is 24.1 Å². The average Bonchev–Trinajstić information content (AvgIpc) is 2.33. The Morgan fingerprint density at radius 2 is 2.12 bits per heavy atom. The number of aryl methyl sites for hydroxylation is 1. The van der Waals surface area contributed by atoms with Gasteiger partial charge in [-0.05, 0) is 24.5 Å². The zero-order valence-electron chi connectivity index (χ0n) is 10.4. The molecule has 0 radical (unpaired) electrons. The first-order valence-corrected chi connectivity index (χ1v) is 6.09. The summed E-state index contributed by atoms with van der Waals surface area (Å²) in [5, 5.41) is 10.2. The summed E-state index contributed by atoms with van der Waals surface area (Å²) in [4.78, 5) is 11.5. The highest BCUT2D eigenvalue weighted by molar-refractivity contribution is 5.85. The Balaban J connectivity index is 2.54. The van der Waals surface area contributed by atoms with Crippen molar-refractivity contribution in [3.8, 4) is 11.5 Å². The normalized spacial score (nSPS) is 14.6. The van der Waals surface area contributed by atoms with Gasteiger partial charge in [0, 0.05) is 24.0 Å². The summed E-state index contributed by atoms with van der Waals surface area (Å²) in [7, 11) is 1.64. The number of carbonyl (C=O) groups is 1. The molecular weight excluding hydrogens is 216 g/mol. The number of rotatable bonds is 3. The highest BCUT2D eigenvalue weighted by atomic mass is 16.5. The Kier molecular flexibility index (Phi) is 3.36. The van der Waals surface area contributed by atoms with Gasteiger partial charge in [0.05, 0.1) is 7.11 Å². The van der Waals surface area contributed by atoms with E-state index >= 15 is 0 Å². The van der Waals surface area contributed by atoms with Crippen molar-refractivity contribution < 1.29 is 14.6 Å². The van der Waals surface area contributed by atoms with E-state index in [0.717, 1.165) is 35.3 Å². The van der Waals surface area contributed by atoms with E-state index in [1.54, 1.807) is 7.11 Å². The smallest absolute Gasteiger partial charge is 0.137 e. The zero-order valence-corrected chi connectivity index (χ0v) is 10.4. The topological polar surface area (TPSA) is 46.5 Å². The van der Waals surface area contributed by atoms with E-state index in [2.05, 4.69) is 6.92 Å². The van der Waals surface area contributed by atoms with E-state index in [0.29, 0.717) is 25.0 Å². The molecular formula is C14H18O3. The van der Waals surface area contributed by atoms with Gasteiger partial charge in [0.15, 0.2) is 0 Å². The predicted octanol–water partition coefficient (Wildman–Crippen LogP) is 2.41. The second-order valence-corrected chi connectivity index (χ2v) is 4.51. The van der Waals surface area contributed by atoms with Crippen LogP contribution in [0.5, 0.6) is 11.5 Å². The molecule has 17 heavy (non-hydrogen) atoms. The number of aromatic hydroxyl groups is 1. The lowest BCUT2D eigenvalue weighted by Crippen LogP contribution is -2.15. The monoisotopic (exact) mass is 234 g/mol. The SMILES string of the molecule is CCCc1cc(OC)c2c(c1O)CC(=O)CC2. The molecule has 0 saturated carbocycles. The van der Waals surface area contributed by atoms with Gasteiger partial charge in [0.1, 0.15) is 17.3 Å². The van der Waals surface area contributed by atoms with Gasteiger partial charge in [-0.25, -0.2) is 0 Å². The van der Waals surface area contributed by atoms with E-state index < -0.39 is 0 Å². The summed E-state index contributed by atoms with van der Waals surface area (Å²) in [5.74, 6) is 1.31. The lowest BCUT2D eigenvalue weighted by atomic mass is 9.87. The summed E-state index contributed by atoms with van der Waals surface area (Å²) in [5.41, 5.74) is 2.67. The van der Waals surface area contributed by atoms with E-state index in [-0.39, 0.29) is 5.78 Å². The van der Waals surface area contributed by atoms with Gasteiger partial charge in [-0.1, -0.05) is 13.3 Å². The van der Waals surface area contributed by atoms with Crippen LogP contribution in [0.1, 0.15) is 36.5 Å². The zero-order chi connectivity index (χ0) is 12.4. The van der Waals surface area contributed by atoms with Crippen molar-refractivity contribution in [3.05, 3.63) is 22.8 Å². The van der Waals surface area contributed by atoms with Crippen molar-refractivity contribution in [3.63, 3.8) is 0 Å². The first-order valence-electron chi connectivity index (χ1n) is 6.09. The molecule has 3 nitrogen and oxygen atoms in total. The number of Topliss-reactive ketones (excluding diaryl/α,β-unsaturated/α-hetero) is 1. The molecule has 0 amide bonds. The standard InChI is InChI=1S/C14H18O3/c1-3-4-9-7-13(17-2)11-6-5-10(15)8-12(11)14(9)16/h7,16H,3-6,8H2,1-2H3. The summed E-state index contributed by atoms with van der Waals surface area (Å²) in [6, 6.07) is 1.91. The molecule has 1 aliphatic rings. The summed E-state index contributed by atoms with van der Waals surface area (Å²) < 4.78 is 5.37. The molecule has 0 heterocycles. The number of fused-ring (bicyclic) bond motifs is 1. The molecule has 0 unspecified atom stereocenters. The van der Waals surface area contributed by atoms with Gasteiger partial charge >= 0.3 is 0 Å². The number of hydrogen-bond donors (Lipinski definition) is 1. The highest BCUT2D eigenvalue weighted by Crippen LogP contribution is 2.37. The molecule has 0 aliphatic heterocycles. The van der Waals surface area contributed by atoms with Crippen molar-refractivity contribution in [1.29, 1.82) is 0 Å². The number of carbonyl (C=O) groups excluding carboxylic acids is 1. The molecule has 0 fully saturated rings. The lowest BCUT2D eigenvalue weighted by Gasteiger charge is -2.21. The van der Waals surface area contributed by atoms with Gasteiger partial charge in [-0.2, -0.15) is 0 Å². The second-order valence-electron chi connectivity index (χ2n) is 4.51. The molecule has 0 spiro atoms. The van der Waals surface area contributed by atoms with Crippen LogP contribution in [0, 0.1) is 0 Å². The van der Waals surface area contributed by atoms with Gasteiger partial charge in [-0.3, -0.25) is 4.79 Å². The molecule has 1 aromatic rings. The van der Waals surface area contributed by atoms with E-state index in [1.807, 2.05) is 6.07 Å². The maximum Gasteiger partial charge on any atom is 0.137 e. The molecule has 0 saturated heterocycles. The predicted molar refractivity (Wildman–Crippen MR) is 65.7 cm³/mol. The number of phenols is 1. The number of ketones is 1. The number of ether oxygens (including phenoxy) is 1. The minimum Gasteiger partial charge on any atom is -0.507 e. The summed E-state index contributed by atoms with van der Waals surface area (Å²) in [6.45, 7) is 2.07. The second kappa shape index (κ2) is 4.78. The Morgan fingerprint density at radius 3 is 2.76 bits per heavy atom. The van der Waals surface area contributed by atoms with E-state index in [9.17, 15) is 9.90 Å². The van der Waals surface area contributed by atoms with Crippen LogP contribution in [0.15, 0.2) is 6.07 Å². The minimum atomic E-state index is 0.198. The summed E-state index contributed by atoms with van der Waals surface area (Å²) >= 11 is 0. The Morgan fingerprint density at radius 1 is 1.35 bits per heavy atom. The largest absolute Gasteiger partial charge is 0.507 e. The molecule has 1 aromatic carbocycles. The third-order valence-corrected chi connectivity index (χ3v) is 3.32. The van der Waals surface area contributed by atoms with Crippen LogP contribution in [0.4, 0.5) is 0 Å². The van der Waals surface area contributed by atoms with Crippen LogP contribution < -0.4 is 4.74 Å². The number of hydrogen-bond acceptors (Lipinski definition) is 3. The molecule has 0 aromatic heterocycles. The third kappa shape index (κ3) is 2.14. The fourth-order valence-electron chi connectivity index (χ4n) is 2.46. The van der Waals surface area contributed by atoms with Crippen molar-refractivity contribution >= 4 is 5.78 Å². The van der Waals surface area contributed by atoms with Crippen LogP contribution in [0.25, 0.3) is 0 Å². The van der Waals surface area contributed by atoms with Gasteiger partial charge in [-0.15, -0.1) is 0 Å². The third-order valence-electron chi connectivity index (χ3n) is 3.32. The fourth-order valence-corrected chi connectivity index (χ4v) is 2.46. The lowest BCUT2D eigenvalue weighted by molar-refractivity contribution is -0.118. The molecule has 0 atom stereocenters. The molecule has 0 bridgehead atoms. The van der Waals surface area contributed by atoms with Crippen molar-refractivity contribution in [1.82, 2.24) is 0 Å². The van der Waals surface area contributed by atoms with Crippen molar-refractivity contribution in [2.75, 3.05) is 7.11 Å². The average molecular weight is 234 g/mol. The quantitative estimate of drug-likeness (QED) is 0.873.